The fourth-order valence-corrected chi connectivity index (χ4v) is 3.44. The number of nitrogens with one attached hydrogen (secondary N) is 2. The fraction of sp³-hybridized carbons (Fsp3) is 0.714. The summed E-state index contributed by atoms with van der Waals surface area (Å²) in [5.41, 5.74) is 1.52. The maximum atomic E-state index is 12.5. The van der Waals surface area contributed by atoms with Crippen molar-refractivity contribution in [1.29, 1.82) is 0 Å². The minimum Gasteiger partial charge on any atom is -0.337 e. The second kappa shape index (κ2) is 6.00. The Kier molecular flexibility index (Phi) is 4.22. The SMILES string of the molecule is CS(=O)(=O)NC[C@@H]1CCCN(C(=O)c2cc(C3CC3)[nH]n2)C1. The number of nitrogens with zero attached hydrogens (tertiary/aromatic N) is 2. The van der Waals surface area contributed by atoms with Crippen molar-refractivity contribution >= 4 is 15.9 Å². The van der Waals surface area contributed by atoms with Crippen LogP contribution in [-0.2, 0) is 10.0 Å². The van der Waals surface area contributed by atoms with Crippen molar-refractivity contribution in [2.75, 3.05) is 25.9 Å². The number of likely N-dealkylation sites (tertiary alicyclic amines) is 1. The van der Waals surface area contributed by atoms with Crippen LogP contribution in [0.4, 0.5) is 0 Å². The van der Waals surface area contributed by atoms with Crippen LogP contribution >= 0.6 is 0 Å². The Bertz CT molecular complexity index is 651. The predicted octanol–water partition coefficient (Wildman–Crippen LogP) is 0.688. The van der Waals surface area contributed by atoms with Crippen molar-refractivity contribution < 1.29 is 13.2 Å². The number of hydrogen-bond donors (Lipinski definition) is 2. The summed E-state index contributed by atoms with van der Waals surface area (Å²) >= 11 is 0. The van der Waals surface area contributed by atoms with Gasteiger partial charge in [-0.15, -0.1) is 0 Å². The second-order valence-electron chi connectivity index (χ2n) is 6.36. The molecule has 0 spiro atoms. The molecular formula is C14H22N4O3S. The Morgan fingerprint density at radius 1 is 1.45 bits per heavy atom. The lowest BCUT2D eigenvalue weighted by Crippen LogP contribution is -2.43. The lowest BCUT2D eigenvalue weighted by atomic mass is 9.98. The minimum absolute atomic E-state index is 0.0628. The Labute approximate surface area is 130 Å². The first-order valence-corrected chi connectivity index (χ1v) is 9.61. The highest BCUT2D eigenvalue weighted by Crippen LogP contribution is 2.39. The molecular weight excluding hydrogens is 304 g/mol. The van der Waals surface area contributed by atoms with Gasteiger partial charge in [-0.2, -0.15) is 5.10 Å². The van der Waals surface area contributed by atoms with Gasteiger partial charge in [0.2, 0.25) is 10.0 Å². The van der Waals surface area contributed by atoms with E-state index in [9.17, 15) is 13.2 Å². The molecule has 0 radical (unpaired) electrons. The third-order valence-electron chi connectivity index (χ3n) is 4.27. The number of aromatic nitrogens is 2. The Balaban J connectivity index is 1.59. The average molecular weight is 326 g/mol. The number of sulfonamides is 1. The summed E-state index contributed by atoms with van der Waals surface area (Å²) in [6.07, 6.45) is 5.31. The van der Waals surface area contributed by atoms with Gasteiger partial charge in [0.1, 0.15) is 5.69 Å². The van der Waals surface area contributed by atoms with E-state index in [1.54, 1.807) is 4.90 Å². The molecule has 1 saturated heterocycles. The van der Waals surface area contributed by atoms with Crippen molar-refractivity contribution in [1.82, 2.24) is 19.8 Å². The molecule has 0 bridgehead atoms. The van der Waals surface area contributed by atoms with E-state index in [1.807, 2.05) is 6.07 Å². The van der Waals surface area contributed by atoms with Crippen LogP contribution in [0.25, 0.3) is 0 Å². The smallest absolute Gasteiger partial charge is 0.274 e. The molecule has 2 heterocycles. The van der Waals surface area contributed by atoms with Crippen LogP contribution in [0.5, 0.6) is 0 Å². The zero-order valence-corrected chi connectivity index (χ0v) is 13.5. The number of piperidine rings is 1. The molecule has 2 fully saturated rings. The summed E-state index contributed by atoms with van der Waals surface area (Å²) in [5, 5.41) is 7.09. The Morgan fingerprint density at radius 2 is 2.23 bits per heavy atom. The molecule has 1 saturated carbocycles. The summed E-state index contributed by atoms with van der Waals surface area (Å²) in [6.45, 7) is 1.67. The molecule has 0 unspecified atom stereocenters. The molecule has 8 heteroatoms. The molecule has 1 aliphatic heterocycles. The lowest BCUT2D eigenvalue weighted by Gasteiger charge is -2.32. The van der Waals surface area contributed by atoms with Gasteiger partial charge >= 0.3 is 0 Å². The van der Waals surface area contributed by atoms with E-state index in [0.29, 0.717) is 31.2 Å². The van der Waals surface area contributed by atoms with Crippen molar-refractivity contribution in [3.05, 3.63) is 17.5 Å². The molecule has 1 amide bonds. The molecule has 0 aromatic carbocycles. The zero-order valence-electron chi connectivity index (χ0n) is 12.7. The van der Waals surface area contributed by atoms with E-state index in [-0.39, 0.29) is 11.8 Å². The van der Waals surface area contributed by atoms with Crippen molar-refractivity contribution in [3.8, 4) is 0 Å². The summed E-state index contributed by atoms with van der Waals surface area (Å²) in [7, 11) is -3.18. The van der Waals surface area contributed by atoms with E-state index in [0.717, 1.165) is 24.8 Å². The van der Waals surface area contributed by atoms with E-state index in [4.69, 9.17) is 0 Å². The number of carbonyl (C=O) groups is 1. The van der Waals surface area contributed by atoms with Crippen LogP contribution in [0, 0.1) is 5.92 Å². The fourth-order valence-electron chi connectivity index (χ4n) is 2.90. The number of rotatable bonds is 5. The third kappa shape index (κ3) is 3.86. The van der Waals surface area contributed by atoms with Crippen LogP contribution < -0.4 is 4.72 Å². The molecule has 122 valence electrons. The van der Waals surface area contributed by atoms with Gasteiger partial charge in [0.05, 0.1) is 6.26 Å². The standard InChI is InChI=1S/C14H22N4O3S/c1-22(20,21)15-8-10-3-2-6-18(9-10)14(19)13-7-12(16-17-13)11-4-5-11/h7,10-11,15H,2-6,8-9H2,1H3,(H,16,17)/t10-/m0/s1. The number of carbonyl (C=O) groups excluding carboxylic acids is 1. The first kappa shape index (κ1) is 15.5. The molecule has 7 nitrogen and oxygen atoms in total. The summed E-state index contributed by atoms with van der Waals surface area (Å²) in [5.74, 6) is 0.642. The van der Waals surface area contributed by atoms with Gasteiger partial charge in [-0.3, -0.25) is 9.89 Å². The molecule has 2 N–H and O–H groups in total. The highest BCUT2D eigenvalue weighted by molar-refractivity contribution is 7.88. The van der Waals surface area contributed by atoms with E-state index in [2.05, 4.69) is 14.9 Å². The van der Waals surface area contributed by atoms with Crippen molar-refractivity contribution in [3.63, 3.8) is 0 Å². The molecule has 1 aromatic heterocycles. The summed E-state index contributed by atoms with van der Waals surface area (Å²) in [4.78, 5) is 14.3. The van der Waals surface area contributed by atoms with Gasteiger partial charge in [-0.1, -0.05) is 0 Å². The largest absolute Gasteiger partial charge is 0.337 e. The summed E-state index contributed by atoms with van der Waals surface area (Å²) in [6, 6.07) is 1.86. The van der Waals surface area contributed by atoms with Crippen LogP contribution in [-0.4, -0.2) is 55.3 Å². The maximum absolute atomic E-state index is 12.5. The zero-order chi connectivity index (χ0) is 15.7. The molecule has 2 aliphatic rings. The molecule has 3 rings (SSSR count). The monoisotopic (exact) mass is 326 g/mol. The van der Waals surface area contributed by atoms with Gasteiger partial charge in [-0.25, -0.2) is 13.1 Å². The number of hydrogen-bond acceptors (Lipinski definition) is 4. The number of aromatic amines is 1. The van der Waals surface area contributed by atoms with Gasteiger partial charge in [0.15, 0.2) is 0 Å². The molecule has 1 aromatic rings. The normalized spacial score (nSPS) is 22.8. The van der Waals surface area contributed by atoms with Gasteiger partial charge in [0.25, 0.3) is 5.91 Å². The van der Waals surface area contributed by atoms with Gasteiger partial charge in [-0.05, 0) is 37.7 Å². The third-order valence-corrected chi connectivity index (χ3v) is 4.97. The minimum atomic E-state index is -3.18. The van der Waals surface area contributed by atoms with E-state index >= 15 is 0 Å². The lowest BCUT2D eigenvalue weighted by molar-refractivity contribution is 0.0670. The maximum Gasteiger partial charge on any atom is 0.274 e. The first-order chi connectivity index (χ1) is 10.4. The van der Waals surface area contributed by atoms with Crippen molar-refractivity contribution in [2.24, 2.45) is 5.92 Å². The Hall–Kier alpha value is -1.41. The predicted molar refractivity (Wildman–Crippen MR) is 82.0 cm³/mol. The summed E-state index contributed by atoms with van der Waals surface area (Å²) < 4.78 is 24.9. The second-order valence-corrected chi connectivity index (χ2v) is 8.20. The number of H-pyrrole nitrogens is 1. The molecule has 22 heavy (non-hydrogen) atoms. The van der Waals surface area contributed by atoms with E-state index < -0.39 is 10.0 Å². The van der Waals surface area contributed by atoms with Crippen LogP contribution in [0.1, 0.15) is 47.8 Å². The van der Waals surface area contributed by atoms with Crippen molar-refractivity contribution in [2.45, 2.75) is 31.6 Å². The van der Waals surface area contributed by atoms with E-state index in [1.165, 1.54) is 12.8 Å². The highest BCUT2D eigenvalue weighted by atomic mass is 32.2. The molecule has 1 aliphatic carbocycles. The topological polar surface area (TPSA) is 95.2 Å². The molecule has 1 atom stereocenters. The average Bonchev–Trinajstić information content (AvgIpc) is 3.22. The van der Waals surface area contributed by atoms with Crippen LogP contribution in [0.2, 0.25) is 0 Å². The highest BCUT2D eigenvalue weighted by Gasteiger charge is 2.29. The number of amides is 1. The first-order valence-electron chi connectivity index (χ1n) is 7.71. The Morgan fingerprint density at radius 3 is 2.91 bits per heavy atom. The van der Waals surface area contributed by atoms with Gasteiger partial charge in [0, 0.05) is 31.2 Å². The van der Waals surface area contributed by atoms with Gasteiger partial charge < -0.3 is 4.90 Å². The van der Waals surface area contributed by atoms with Crippen LogP contribution in [0.3, 0.4) is 0 Å². The quantitative estimate of drug-likeness (QED) is 0.832. The van der Waals surface area contributed by atoms with Crippen LogP contribution in [0.15, 0.2) is 6.07 Å².